The van der Waals surface area contributed by atoms with Gasteiger partial charge < -0.3 is 10.4 Å². The average molecular weight is 283 g/mol. The number of hydrogen-bond donors (Lipinski definition) is 3. The second kappa shape index (κ2) is 5.66. The summed E-state index contributed by atoms with van der Waals surface area (Å²) in [5.74, 6) is -0.280. The molecule has 1 heterocycles. The highest BCUT2D eigenvalue weighted by molar-refractivity contribution is 5.62. The number of halogens is 1. The number of phenolic OH excluding ortho intramolecular Hbond substituents is 1. The van der Waals surface area contributed by atoms with Crippen molar-refractivity contribution in [1.82, 2.24) is 10.2 Å². The minimum absolute atomic E-state index is 0.0815. The molecule has 0 unspecified atom stereocenters. The van der Waals surface area contributed by atoms with Crippen molar-refractivity contribution in [3.8, 4) is 17.0 Å². The maximum atomic E-state index is 13.1. The van der Waals surface area contributed by atoms with Gasteiger partial charge in [0.25, 0.3) is 0 Å². The lowest BCUT2D eigenvalue weighted by Gasteiger charge is -2.09. The largest absolute Gasteiger partial charge is 0.508 e. The van der Waals surface area contributed by atoms with E-state index in [2.05, 4.69) is 15.5 Å². The summed E-state index contributed by atoms with van der Waals surface area (Å²) in [6.07, 6.45) is 1.70. The van der Waals surface area contributed by atoms with E-state index in [-0.39, 0.29) is 11.6 Å². The van der Waals surface area contributed by atoms with Crippen molar-refractivity contribution in [1.29, 1.82) is 0 Å². The number of aromatic amines is 1. The SMILES string of the molecule is Oc1ccc(F)cc1CNc1ccc(-c2ccn[nH]2)cc1. The fourth-order valence-electron chi connectivity index (χ4n) is 2.08. The van der Waals surface area contributed by atoms with Crippen LogP contribution in [0.5, 0.6) is 5.75 Å². The van der Waals surface area contributed by atoms with Gasteiger partial charge in [0.1, 0.15) is 11.6 Å². The molecule has 5 heteroatoms. The second-order valence-electron chi connectivity index (χ2n) is 4.67. The lowest BCUT2D eigenvalue weighted by molar-refractivity contribution is 0.466. The van der Waals surface area contributed by atoms with Crippen LogP contribution in [0, 0.1) is 5.82 Å². The number of nitrogens with one attached hydrogen (secondary N) is 2. The molecule has 0 fully saturated rings. The molecule has 0 radical (unpaired) electrons. The van der Waals surface area contributed by atoms with E-state index < -0.39 is 0 Å². The van der Waals surface area contributed by atoms with E-state index in [1.807, 2.05) is 30.3 Å². The molecule has 2 aromatic carbocycles. The van der Waals surface area contributed by atoms with Crippen LogP contribution in [0.1, 0.15) is 5.56 Å². The third-order valence-electron chi connectivity index (χ3n) is 3.22. The summed E-state index contributed by atoms with van der Waals surface area (Å²) in [5.41, 5.74) is 3.39. The van der Waals surface area contributed by atoms with Gasteiger partial charge in [0, 0.05) is 24.0 Å². The van der Waals surface area contributed by atoms with E-state index in [0.717, 1.165) is 16.9 Å². The molecule has 106 valence electrons. The van der Waals surface area contributed by atoms with Gasteiger partial charge in [-0.15, -0.1) is 0 Å². The molecular formula is C16H14FN3O. The lowest BCUT2D eigenvalue weighted by atomic mass is 10.1. The maximum absolute atomic E-state index is 13.1. The highest BCUT2D eigenvalue weighted by Gasteiger charge is 2.03. The number of aromatic hydroxyl groups is 1. The number of benzene rings is 2. The lowest BCUT2D eigenvalue weighted by Crippen LogP contribution is -2.00. The summed E-state index contributed by atoms with van der Waals surface area (Å²) in [7, 11) is 0. The Morgan fingerprint density at radius 1 is 1.10 bits per heavy atom. The van der Waals surface area contributed by atoms with Crippen LogP contribution in [0.4, 0.5) is 10.1 Å². The number of aromatic nitrogens is 2. The van der Waals surface area contributed by atoms with Gasteiger partial charge in [-0.1, -0.05) is 12.1 Å². The Morgan fingerprint density at radius 2 is 1.90 bits per heavy atom. The van der Waals surface area contributed by atoms with Gasteiger partial charge in [0.05, 0.1) is 5.69 Å². The van der Waals surface area contributed by atoms with Crippen molar-refractivity contribution < 1.29 is 9.50 Å². The first-order valence-corrected chi connectivity index (χ1v) is 6.53. The fraction of sp³-hybridized carbons (Fsp3) is 0.0625. The molecule has 0 bridgehead atoms. The van der Waals surface area contributed by atoms with Crippen LogP contribution in [0.2, 0.25) is 0 Å². The number of phenols is 1. The van der Waals surface area contributed by atoms with E-state index in [1.165, 1.54) is 18.2 Å². The Kier molecular flexibility index (Phi) is 3.55. The van der Waals surface area contributed by atoms with Crippen LogP contribution < -0.4 is 5.32 Å². The summed E-state index contributed by atoms with van der Waals surface area (Å²) < 4.78 is 13.1. The molecule has 0 aliphatic heterocycles. The number of hydrogen-bond acceptors (Lipinski definition) is 3. The molecule has 0 saturated heterocycles. The predicted octanol–water partition coefficient (Wildman–Crippen LogP) is 3.53. The normalized spacial score (nSPS) is 10.5. The van der Waals surface area contributed by atoms with Gasteiger partial charge in [-0.25, -0.2) is 4.39 Å². The first-order chi connectivity index (χ1) is 10.2. The van der Waals surface area contributed by atoms with Crippen molar-refractivity contribution >= 4 is 5.69 Å². The summed E-state index contributed by atoms with van der Waals surface area (Å²) in [5, 5.41) is 19.6. The highest BCUT2D eigenvalue weighted by atomic mass is 19.1. The molecule has 3 aromatic rings. The smallest absolute Gasteiger partial charge is 0.123 e. The molecular weight excluding hydrogens is 269 g/mol. The zero-order valence-corrected chi connectivity index (χ0v) is 11.2. The van der Waals surface area contributed by atoms with Crippen molar-refractivity contribution in [2.45, 2.75) is 6.54 Å². The van der Waals surface area contributed by atoms with Crippen LogP contribution in [-0.4, -0.2) is 15.3 Å². The Bertz CT molecular complexity index is 724. The first-order valence-electron chi connectivity index (χ1n) is 6.53. The molecule has 0 saturated carbocycles. The van der Waals surface area contributed by atoms with Crippen molar-refractivity contribution in [3.05, 3.63) is 66.1 Å². The van der Waals surface area contributed by atoms with Crippen LogP contribution in [0.3, 0.4) is 0 Å². The average Bonchev–Trinajstić information content (AvgIpc) is 3.03. The van der Waals surface area contributed by atoms with Gasteiger partial charge >= 0.3 is 0 Å². The van der Waals surface area contributed by atoms with E-state index in [1.54, 1.807) is 6.20 Å². The Morgan fingerprint density at radius 3 is 2.62 bits per heavy atom. The van der Waals surface area contributed by atoms with Crippen LogP contribution in [-0.2, 0) is 6.54 Å². The van der Waals surface area contributed by atoms with E-state index in [9.17, 15) is 9.50 Å². The quantitative estimate of drug-likeness (QED) is 0.686. The van der Waals surface area contributed by atoms with Crippen LogP contribution in [0.15, 0.2) is 54.7 Å². The molecule has 3 rings (SSSR count). The molecule has 0 amide bonds. The van der Waals surface area contributed by atoms with Crippen molar-refractivity contribution in [2.75, 3.05) is 5.32 Å². The van der Waals surface area contributed by atoms with E-state index in [0.29, 0.717) is 12.1 Å². The molecule has 4 nitrogen and oxygen atoms in total. The molecule has 0 aliphatic carbocycles. The third-order valence-corrected chi connectivity index (χ3v) is 3.22. The topological polar surface area (TPSA) is 60.9 Å². The van der Waals surface area contributed by atoms with Crippen molar-refractivity contribution in [3.63, 3.8) is 0 Å². The summed E-state index contributed by atoms with van der Waals surface area (Å²) in [6.45, 7) is 0.354. The zero-order valence-electron chi connectivity index (χ0n) is 11.2. The van der Waals surface area contributed by atoms with Gasteiger partial charge in [-0.05, 0) is 42.0 Å². The summed E-state index contributed by atoms with van der Waals surface area (Å²) in [4.78, 5) is 0. The summed E-state index contributed by atoms with van der Waals surface area (Å²) in [6, 6.07) is 13.6. The number of rotatable bonds is 4. The molecule has 1 aromatic heterocycles. The minimum atomic E-state index is -0.362. The number of anilines is 1. The predicted molar refractivity (Wildman–Crippen MR) is 79.4 cm³/mol. The summed E-state index contributed by atoms with van der Waals surface area (Å²) >= 11 is 0. The molecule has 3 N–H and O–H groups in total. The first kappa shape index (κ1) is 13.2. The van der Waals surface area contributed by atoms with E-state index in [4.69, 9.17) is 0 Å². The molecule has 0 spiro atoms. The Balaban J connectivity index is 1.70. The van der Waals surface area contributed by atoms with Gasteiger partial charge in [-0.2, -0.15) is 5.10 Å². The number of H-pyrrole nitrogens is 1. The highest BCUT2D eigenvalue weighted by Crippen LogP contribution is 2.21. The standard InChI is InChI=1S/C16H14FN3O/c17-13-3-6-16(21)12(9-13)10-18-14-4-1-11(2-5-14)15-7-8-19-20-15/h1-9,18,21H,10H2,(H,19,20). The van der Waals surface area contributed by atoms with Crippen LogP contribution in [0.25, 0.3) is 11.3 Å². The Labute approximate surface area is 121 Å². The third kappa shape index (κ3) is 3.02. The van der Waals surface area contributed by atoms with E-state index >= 15 is 0 Å². The fourth-order valence-corrected chi connectivity index (χ4v) is 2.08. The monoisotopic (exact) mass is 283 g/mol. The van der Waals surface area contributed by atoms with Gasteiger partial charge in [0.2, 0.25) is 0 Å². The maximum Gasteiger partial charge on any atom is 0.123 e. The molecule has 21 heavy (non-hydrogen) atoms. The minimum Gasteiger partial charge on any atom is -0.508 e. The Hall–Kier alpha value is -2.82. The zero-order chi connectivity index (χ0) is 14.7. The number of nitrogens with zero attached hydrogens (tertiary/aromatic N) is 1. The second-order valence-corrected chi connectivity index (χ2v) is 4.67. The molecule has 0 aliphatic rings. The van der Waals surface area contributed by atoms with Crippen LogP contribution >= 0.6 is 0 Å². The molecule has 0 atom stereocenters. The van der Waals surface area contributed by atoms with Crippen molar-refractivity contribution in [2.24, 2.45) is 0 Å². The van der Waals surface area contributed by atoms with Gasteiger partial charge in [-0.3, -0.25) is 5.10 Å². The van der Waals surface area contributed by atoms with Gasteiger partial charge in [0.15, 0.2) is 0 Å².